The summed E-state index contributed by atoms with van der Waals surface area (Å²) in [5.74, 6) is 1.70. The summed E-state index contributed by atoms with van der Waals surface area (Å²) in [6.45, 7) is 5.19. The van der Waals surface area contributed by atoms with Crippen LogP contribution in [-0.4, -0.2) is 31.2 Å². The molecular weight excluding hydrogens is 244 g/mol. The van der Waals surface area contributed by atoms with Crippen LogP contribution in [0.4, 0.5) is 0 Å². The van der Waals surface area contributed by atoms with Crippen LogP contribution >= 0.6 is 0 Å². The number of carbonyl (C=O) groups is 1. The van der Waals surface area contributed by atoms with Crippen LogP contribution in [0.15, 0.2) is 24.3 Å². The van der Waals surface area contributed by atoms with Crippen LogP contribution in [0.2, 0.25) is 0 Å². The Morgan fingerprint density at radius 1 is 1.16 bits per heavy atom. The van der Waals surface area contributed by atoms with Crippen molar-refractivity contribution in [3.05, 3.63) is 24.3 Å². The third-order valence-corrected chi connectivity index (χ3v) is 2.99. The molecule has 0 aromatic heterocycles. The molecule has 2 unspecified atom stereocenters. The summed E-state index contributed by atoms with van der Waals surface area (Å²) in [5.41, 5.74) is 0. The van der Waals surface area contributed by atoms with E-state index in [0.29, 0.717) is 19.6 Å². The van der Waals surface area contributed by atoms with Gasteiger partial charge in [-0.2, -0.15) is 0 Å². The molecule has 0 saturated heterocycles. The molecule has 0 heterocycles. The molecule has 4 heteroatoms. The van der Waals surface area contributed by atoms with Crippen molar-refractivity contribution in [1.29, 1.82) is 0 Å². The summed E-state index contributed by atoms with van der Waals surface area (Å²) in [6.07, 6.45) is 0.855. The maximum absolute atomic E-state index is 11.4. The smallest absolute Gasteiger partial charge is 0.169 e. The van der Waals surface area contributed by atoms with Crippen LogP contribution in [0.25, 0.3) is 0 Å². The Morgan fingerprint density at radius 2 is 1.84 bits per heavy atom. The minimum atomic E-state index is -0.402. The Hall–Kier alpha value is -1.55. The van der Waals surface area contributed by atoms with Crippen molar-refractivity contribution in [1.82, 2.24) is 0 Å². The molecule has 1 aromatic rings. The molecule has 2 atom stereocenters. The van der Waals surface area contributed by atoms with Gasteiger partial charge in [-0.1, -0.05) is 6.92 Å². The molecule has 1 saturated carbocycles. The third-order valence-electron chi connectivity index (χ3n) is 2.99. The molecule has 0 N–H and O–H groups in total. The van der Waals surface area contributed by atoms with Gasteiger partial charge in [0.15, 0.2) is 11.9 Å². The number of carbonyl (C=O) groups excluding carboxylic acids is 1. The van der Waals surface area contributed by atoms with Gasteiger partial charge in [0.2, 0.25) is 0 Å². The number of hydrogen-bond donors (Lipinski definition) is 0. The molecule has 0 aliphatic heterocycles. The molecule has 2 rings (SSSR count). The second-order valence-corrected chi connectivity index (χ2v) is 4.52. The second-order valence-electron chi connectivity index (χ2n) is 4.52. The average molecular weight is 264 g/mol. The minimum Gasteiger partial charge on any atom is -0.494 e. The molecule has 1 aliphatic carbocycles. The number of hydrogen-bond acceptors (Lipinski definition) is 4. The molecular formula is C15H20O4. The topological polar surface area (TPSA) is 44.8 Å². The Kier molecular flexibility index (Phi) is 4.80. The zero-order valence-electron chi connectivity index (χ0n) is 11.4. The average Bonchev–Trinajstić information content (AvgIpc) is 2.43. The van der Waals surface area contributed by atoms with Gasteiger partial charge in [-0.3, -0.25) is 4.79 Å². The number of benzene rings is 1. The highest BCUT2D eigenvalue weighted by molar-refractivity contribution is 5.90. The van der Waals surface area contributed by atoms with E-state index in [-0.39, 0.29) is 11.9 Å². The first kappa shape index (κ1) is 13.9. The molecule has 0 spiro atoms. The van der Waals surface area contributed by atoms with Crippen molar-refractivity contribution in [2.75, 3.05) is 13.2 Å². The normalized spacial score (nSPS) is 21.9. The monoisotopic (exact) mass is 264 g/mol. The van der Waals surface area contributed by atoms with Crippen LogP contribution in [0.5, 0.6) is 11.5 Å². The summed E-state index contributed by atoms with van der Waals surface area (Å²) < 4.78 is 16.6. The van der Waals surface area contributed by atoms with Crippen molar-refractivity contribution in [3.8, 4) is 11.5 Å². The van der Waals surface area contributed by atoms with Gasteiger partial charge in [-0.05, 0) is 37.6 Å². The van der Waals surface area contributed by atoms with Crippen LogP contribution in [-0.2, 0) is 9.53 Å². The Balaban J connectivity index is 1.87. The van der Waals surface area contributed by atoms with E-state index in [9.17, 15) is 4.79 Å². The lowest BCUT2D eigenvalue weighted by atomic mass is 9.90. The summed E-state index contributed by atoms with van der Waals surface area (Å²) in [7, 11) is 0. The van der Waals surface area contributed by atoms with Crippen molar-refractivity contribution >= 4 is 5.78 Å². The quantitative estimate of drug-likeness (QED) is 0.759. The van der Waals surface area contributed by atoms with E-state index in [1.54, 1.807) is 0 Å². The third kappa shape index (κ3) is 3.47. The van der Waals surface area contributed by atoms with Crippen LogP contribution < -0.4 is 9.47 Å². The molecule has 104 valence electrons. The van der Waals surface area contributed by atoms with Gasteiger partial charge >= 0.3 is 0 Å². The lowest BCUT2D eigenvalue weighted by Gasteiger charge is -2.34. The van der Waals surface area contributed by atoms with Gasteiger partial charge in [0.25, 0.3) is 0 Å². The number of ketones is 1. The highest BCUT2D eigenvalue weighted by Crippen LogP contribution is 2.26. The van der Waals surface area contributed by atoms with Crippen molar-refractivity contribution in [2.24, 2.45) is 0 Å². The zero-order valence-corrected chi connectivity index (χ0v) is 11.4. The molecule has 0 bridgehead atoms. The molecule has 1 aliphatic rings. The standard InChI is InChI=1S/C15H20O4/c1-3-9-18-11-5-7-12(8-6-11)19-14-10-13(16)15(14)17-4-2/h5-8,14-15H,3-4,9-10H2,1-2H3. The number of Topliss-reactive ketones (excluding diaryl/α,β-unsaturated/α-hetero) is 1. The fourth-order valence-corrected chi connectivity index (χ4v) is 1.96. The lowest BCUT2D eigenvalue weighted by molar-refractivity contribution is -0.154. The zero-order chi connectivity index (χ0) is 13.7. The second kappa shape index (κ2) is 6.57. The minimum absolute atomic E-state index is 0.120. The van der Waals surface area contributed by atoms with E-state index >= 15 is 0 Å². The summed E-state index contributed by atoms with van der Waals surface area (Å²) >= 11 is 0. The molecule has 1 aromatic carbocycles. The number of ether oxygens (including phenoxy) is 3. The van der Waals surface area contributed by atoms with Gasteiger partial charge in [-0.15, -0.1) is 0 Å². The van der Waals surface area contributed by atoms with Crippen molar-refractivity contribution in [2.45, 2.75) is 38.9 Å². The Labute approximate surface area is 113 Å². The van der Waals surface area contributed by atoms with Crippen molar-refractivity contribution < 1.29 is 19.0 Å². The molecule has 1 fully saturated rings. The van der Waals surface area contributed by atoms with Gasteiger partial charge in [-0.25, -0.2) is 0 Å². The Morgan fingerprint density at radius 3 is 2.42 bits per heavy atom. The van der Waals surface area contributed by atoms with E-state index < -0.39 is 6.10 Å². The van der Waals surface area contributed by atoms with Gasteiger partial charge in [0, 0.05) is 13.0 Å². The summed E-state index contributed by atoms with van der Waals surface area (Å²) in [5, 5.41) is 0. The maximum atomic E-state index is 11.4. The van der Waals surface area contributed by atoms with E-state index in [1.807, 2.05) is 31.2 Å². The van der Waals surface area contributed by atoms with E-state index in [1.165, 1.54) is 0 Å². The number of rotatable bonds is 7. The van der Waals surface area contributed by atoms with Crippen LogP contribution in [0.3, 0.4) is 0 Å². The first-order chi connectivity index (χ1) is 9.24. The fraction of sp³-hybridized carbons (Fsp3) is 0.533. The maximum Gasteiger partial charge on any atom is 0.169 e. The SMILES string of the molecule is CCCOc1ccc(OC2CC(=O)C2OCC)cc1. The molecule has 4 nitrogen and oxygen atoms in total. The Bertz CT molecular complexity index is 413. The molecule has 19 heavy (non-hydrogen) atoms. The fourth-order valence-electron chi connectivity index (χ4n) is 1.96. The largest absolute Gasteiger partial charge is 0.494 e. The highest BCUT2D eigenvalue weighted by Gasteiger charge is 2.42. The molecule has 0 radical (unpaired) electrons. The van der Waals surface area contributed by atoms with E-state index in [4.69, 9.17) is 14.2 Å². The van der Waals surface area contributed by atoms with Crippen LogP contribution in [0.1, 0.15) is 26.7 Å². The lowest BCUT2D eigenvalue weighted by Crippen LogP contribution is -2.52. The van der Waals surface area contributed by atoms with Crippen LogP contribution in [0, 0.1) is 0 Å². The van der Waals surface area contributed by atoms with E-state index in [2.05, 4.69) is 6.92 Å². The van der Waals surface area contributed by atoms with E-state index in [0.717, 1.165) is 17.9 Å². The predicted octanol–water partition coefficient (Wildman–Crippen LogP) is 2.60. The molecule has 0 amide bonds. The predicted molar refractivity (Wildman–Crippen MR) is 71.7 cm³/mol. The first-order valence-electron chi connectivity index (χ1n) is 6.78. The summed E-state index contributed by atoms with van der Waals surface area (Å²) in [4.78, 5) is 11.4. The first-order valence-corrected chi connectivity index (χ1v) is 6.78. The van der Waals surface area contributed by atoms with Gasteiger partial charge in [0.05, 0.1) is 6.61 Å². The van der Waals surface area contributed by atoms with Gasteiger partial charge in [0.1, 0.15) is 17.6 Å². The summed E-state index contributed by atoms with van der Waals surface area (Å²) in [6, 6.07) is 7.47. The highest BCUT2D eigenvalue weighted by atomic mass is 16.5. The van der Waals surface area contributed by atoms with Crippen molar-refractivity contribution in [3.63, 3.8) is 0 Å². The van der Waals surface area contributed by atoms with Gasteiger partial charge < -0.3 is 14.2 Å².